The highest BCUT2D eigenvalue weighted by Crippen LogP contribution is 2.22. The molecule has 0 radical (unpaired) electrons. The predicted octanol–water partition coefficient (Wildman–Crippen LogP) is 4.50. The molecule has 0 unspecified atom stereocenters. The Morgan fingerprint density at radius 3 is 2.48 bits per heavy atom. The summed E-state index contributed by atoms with van der Waals surface area (Å²) in [5.74, 6) is -0.315. The third-order valence-electron chi connectivity index (χ3n) is 5.07. The predicted molar refractivity (Wildman–Crippen MR) is 113 cm³/mol. The summed E-state index contributed by atoms with van der Waals surface area (Å²) in [7, 11) is 0. The van der Waals surface area contributed by atoms with Crippen molar-refractivity contribution in [3.05, 3.63) is 94.4 Å². The van der Waals surface area contributed by atoms with Crippen LogP contribution in [0.15, 0.2) is 66.5 Å². The van der Waals surface area contributed by atoms with Crippen molar-refractivity contribution in [1.82, 2.24) is 14.8 Å². The van der Waals surface area contributed by atoms with E-state index in [9.17, 15) is 9.59 Å². The highest BCUT2D eigenvalue weighted by atomic mass is 16.2. The van der Waals surface area contributed by atoms with Gasteiger partial charge in [-0.15, -0.1) is 0 Å². The molecular weight excluding hydrogens is 362 g/mol. The van der Waals surface area contributed by atoms with Gasteiger partial charge in [-0.3, -0.25) is 9.69 Å². The van der Waals surface area contributed by atoms with E-state index < -0.39 is 6.03 Å². The summed E-state index contributed by atoms with van der Waals surface area (Å²) in [6, 6.07) is 17.5. The van der Waals surface area contributed by atoms with E-state index in [0.29, 0.717) is 0 Å². The van der Waals surface area contributed by atoms with Crippen LogP contribution in [0.25, 0.3) is 11.8 Å². The molecule has 2 heterocycles. The monoisotopic (exact) mass is 385 g/mol. The largest absolute Gasteiger partial charge is 0.329 e. The van der Waals surface area contributed by atoms with Crippen molar-refractivity contribution in [1.29, 1.82) is 0 Å². The molecule has 1 aliphatic heterocycles. The number of aryl methyl sites for hydroxylation is 3. The molecule has 5 heteroatoms. The summed E-state index contributed by atoms with van der Waals surface area (Å²) >= 11 is 0. The third-order valence-corrected chi connectivity index (χ3v) is 5.07. The highest BCUT2D eigenvalue weighted by molar-refractivity contribution is 6.13. The lowest BCUT2D eigenvalue weighted by Crippen LogP contribution is -2.30. The van der Waals surface area contributed by atoms with Gasteiger partial charge in [0.2, 0.25) is 0 Å². The van der Waals surface area contributed by atoms with Gasteiger partial charge in [0.05, 0.1) is 6.54 Å². The molecule has 3 amide bonds. The Kier molecular flexibility index (Phi) is 4.80. The normalized spacial score (nSPS) is 15.3. The van der Waals surface area contributed by atoms with Crippen molar-refractivity contribution >= 4 is 18.0 Å². The molecule has 0 atom stereocenters. The molecule has 3 aromatic rings. The second kappa shape index (κ2) is 7.43. The third kappa shape index (κ3) is 3.72. The number of benzene rings is 2. The zero-order chi connectivity index (χ0) is 20.5. The van der Waals surface area contributed by atoms with E-state index in [1.165, 1.54) is 10.5 Å². The number of nitrogens with one attached hydrogen (secondary N) is 1. The fourth-order valence-corrected chi connectivity index (χ4v) is 3.66. The van der Waals surface area contributed by atoms with Gasteiger partial charge in [0.25, 0.3) is 5.91 Å². The van der Waals surface area contributed by atoms with Gasteiger partial charge < -0.3 is 9.88 Å². The van der Waals surface area contributed by atoms with E-state index in [1.807, 2.05) is 54.1 Å². The number of rotatable bonds is 4. The molecule has 0 bridgehead atoms. The smallest absolute Gasteiger partial charge is 0.317 e. The van der Waals surface area contributed by atoms with Gasteiger partial charge in [0, 0.05) is 17.6 Å². The van der Waals surface area contributed by atoms with Crippen molar-refractivity contribution in [3.63, 3.8) is 0 Å². The zero-order valence-corrected chi connectivity index (χ0v) is 16.8. The second-order valence-electron chi connectivity index (χ2n) is 7.46. The number of aromatic nitrogens is 1. The number of hydrogen-bond donors (Lipinski definition) is 1. The molecule has 4 rings (SSSR count). The van der Waals surface area contributed by atoms with E-state index in [2.05, 4.69) is 37.4 Å². The lowest BCUT2D eigenvalue weighted by atomic mass is 10.1. The molecule has 5 nitrogen and oxygen atoms in total. The number of urea groups is 1. The molecule has 29 heavy (non-hydrogen) atoms. The Morgan fingerprint density at radius 1 is 0.931 bits per heavy atom. The van der Waals surface area contributed by atoms with Crippen LogP contribution in [0.5, 0.6) is 0 Å². The van der Waals surface area contributed by atoms with Crippen LogP contribution < -0.4 is 5.32 Å². The van der Waals surface area contributed by atoms with Crippen LogP contribution in [-0.4, -0.2) is 21.4 Å². The Labute approximate surface area is 170 Å². The first-order valence-corrected chi connectivity index (χ1v) is 9.57. The molecule has 0 aliphatic carbocycles. The topological polar surface area (TPSA) is 54.3 Å². The first-order valence-electron chi connectivity index (χ1n) is 9.57. The van der Waals surface area contributed by atoms with Crippen LogP contribution in [0.2, 0.25) is 0 Å². The van der Waals surface area contributed by atoms with Crippen LogP contribution in [0.3, 0.4) is 0 Å². The van der Waals surface area contributed by atoms with Crippen LogP contribution in [0, 0.1) is 20.8 Å². The Bertz CT molecular complexity index is 1140. The summed E-state index contributed by atoms with van der Waals surface area (Å²) < 4.78 is 2.02. The van der Waals surface area contributed by atoms with Crippen LogP contribution in [0.1, 0.15) is 27.9 Å². The summed E-state index contributed by atoms with van der Waals surface area (Å²) in [6.07, 6.45) is 3.69. The van der Waals surface area contributed by atoms with Gasteiger partial charge in [-0.25, -0.2) is 4.79 Å². The van der Waals surface area contributed by atoms with Crippen LogP contribution in [-0.2, 0) is 11.3 Å². The minimum Gasteiger partial charge on any atom is -0.317 e. The van der Waals surface area contributed by atoms with Gasteiger partial charge in [0.15, 0.2) is 0 Å². The summed E-state index contributed by atoms with van der Waals surface area (Å²) in [6.45, 7) is 6.36. The Morgan fingerprint density at radius 2 is 1.72 bits per heavy atom. The molecular formula is C24H23N3O2. The van der Waals surface area contributed by atoms with Gasteiger partial charge >= 0.3 is 6.03 Å². The maximum Gasteiger partial charge on any atom is 0.329 e. The molecule has 2 aromatic carbocycles. The first kappa shape index (κ1) is 18.7. The SMILES string of the molecule is Cc1cccc(CN2C(=O)N/C(=C/c3cccn3-c3ccc(C)cc3C)C2=O)c1. The van der Waals surface area contributed by atoms with E-state index in [1.54, 1.807) is 6.08 Å². The average Bonchev–Trinajstić information content (AvgIpc) is 3.22. The summed E-state index contributed by atoms with van der Waals surface area (Å²) in [4.78, 5) is 26.5. The number of carbonyl (C=O) groups is 2. The quantitative estimate of drug-likeness (QED) is 0.531. The maximum absolute atomic E-state index is 12.9. The van der Waals surface area contributed by atoms with Crippen LogP contribution >= 0.6 is 0 Å². The first-order chi connectivity index (χ1) is 13.9. The van der Waals surface area contributed by atoms with E-state index in [-0.39, 0.29) is 18.1 Å². The number of carbonyl (C=O) groups excluding carboxylic acids is 2. The van der Waals surface area contributed by atoms with Crippen molar-refractivity contribution < 1.29 is 9.59 Å². The summed E-state index contributed by atoms with van der Waals surface area (Å²) in [5.41, 5.74) is 6.52. The average molecular weight is 385 g/mol. The molecule has 146 valence electrons. The molecule has 0 saturated carbocycles. The summed E-state index contributed by atoms with van der Waals surface area (Å²) in [5, 5.41) is 2.71. The minimum atomic E-state index is -0.396. The van der Waals surface area contributed by atoms with E-state index >= 15 is 0 Å². The number of amides is 3. The standard InChI is InChI=1S/C24H23N3O2/c1-16-6-4-7-19(13-16)15-27-23(28)21(25-24(27)29)14-20-8-5-11-26(20)22-10-9-17(2)12-18(22)3/h4-14H,15H2,1-3H3,(H,25,29)/b21-14+. The Hall–Kier alpha value is -3.60. The van der Waals surface area contributed by atoms with Crippen molar-refractivity contribution in [3.8, 4) is 5.69 Å². The highest BCUT2D eigenvalue weighted by Gasteiger charge is 2.33. The fourth-order valence-electron chi connectivity index (χ4n) is 3.66. The lowest BCUT2D eigenvalue weighted by molar-refractivity contribution is -0.123. The van der Waals surface area contributed by atoms with Gasteiger partial charge in [-0.2, -0.15) is 0 Å². The fraction of sp³-hybridized carbons (Fsp3) is 0.167. The number of imide groups is 1. The minimum absolute atomic E-state index is 0.252. The zero-order valence-electron chi connectivity index (χ0n) is 16.8. The second-order valence-corrected chi connectivity index (χ2v) is 7.46. The molecule has 1 aromatic heterocycles. The van der Waals surface area contributed by atoms with Gasteiger partial charge in [0.1, 0.15) is 5.70 Å². The van der Waals surface area contributed by atoms with Gasteiger partial charge in [-0.1, -0.05) is 47.5 Å². The molecule has 1 aliphatic rings. The van der Waals surface area contributed by atoms with Crippen molar-refractivity contribution in [2.75, 3.05) is 0 Å². The molecule has 0 spiro atoms. The molecule has 1 N–H and O–H groups in total. The van der Waals surface area contributed by atoms with Crippen LogP contribution in [0.4, 0.5) is 4.79 Å². The molecule has 1 saturated heterocycles. The van der Waals surface area contributed by atoms with Crippen molar-refractivity contribution in [2.24, 2.45) is 0 Å². The van der Waals surface area contributed by atoms with E-state index in [0.717, 1.165) is 28.1 Å². The lowest BCUT2D eigenvalue weighted by Gasteiger charge is -2.12. The van der Waals surface area contributed by atoms with Crippen molar-refractivity contribution in [2.45, 2.75) is 27.3 Å². The Balaban J connectivity index is 1.62. The number of hydrogen-bond acceptors (Lipinski definition) is 2. The van der Waals surface area contributed by atoms with Gasteiger partial charge in [-0.05, 0) is 56.2 Å². The number of nitrogens with zero attached hydrogens (tertiary/aromatic N) is 2. The maximum atomic E-state index is 12.9. The van der Waals surface area contributed by atoms with E-state index in [4.69, 9.17) is 0 Å². The molecule has 1 fully saturated rings.